The van der Waals surface area contributed by atoms with Gasteiger partial charge in [0, 0.05) is 0 Å². The van der Waals surface area contributed by atoms with E-state index in [9.17, 15) is 0 Å². The summed E-state index contributed by atoms with van der Waals surface area (Å²) in [6, 6.07) is 25.1. The molecule has 0 fully saturated rings. The minimum absolute atomic E-state index is 0.0146. The van der Waals surface area contributed by atoms with Crippen LogP contribution in [0.5, 0.6) is 5.75 Å². The summed E-state index contributed by atoms with van der Waals surface area (Å²) in [4.78, 5) is 0. The van der Waals surface area contributed by atoms with Crippen molar-refractivity contribution in [1.29, 1.82) is 0 Å². The van der Waals surface area contributed by atoms with Crippen molar-refractivity contribution in [3.05, 3.63) is 94.6 Å². The topological polar surface area (TPSA) is 9.23 Å². The van der Waals surface area contributed by atoms with Crippen molar-refractivity contribution in [2.75, 3.05) is 0 Å². The number of hydrogen-bond donors (Lipinski definition) is 0. The van der Waals surface area contributed by atoms with Gasteiger partial charge >= 0.3 is 0 Å². The lowest BCUT2D eigenvalue weighted by molar-refractivity contribution is 0.297. The van der Waals surface area contributed by atoms with Crippen LogP contribution in [0.2, 0.25) is 12.1 Å². The van der Waals surface area contributed by atoms with Crippen molar-refractivity contribution >= 4 is 24.5 Å². The Labute approximate surface area is 233 Å². The Morgan fingerprint density at radius 3 is 2.08 bits per heavy atom. The Kier molecular flexibility index (Phi) is 8.42. The highest BCUT2D eigenvalue weighted by atomic mass is 28.3. The predicted octanol–water partition coefficient (Wildman–Crippen LogP) is 8.81. The molecule has 0 aromatic heterocycles. The molecular weight excluding hydrogens is 476 g/mol. The van der Waals surface area contributed by atoms with Crippen LogP contribution in [0.4, 0.5) is 0 Å². The maximum absolute atomic E-state index is 7.01. The van der Waals surface area contributed by atoms with Crippen LogP contribution in [0.15, 0.2) is 66.7 Å². The van der Waals surface area contributed by atoms with Gasteiger partial charge in [0.05, 0.1) is 0 Å². The van der Waals surface area contributed by atoms with Crippen LogP contribution in [0.1, 0.15) is 96.0 Å². The molecule has 1 aliphatic rings. The molecule has 0 unspecified atom stereocenters. The van der Waals surface area contributed by atoms with E-state index in [-0.39, 0.29) is 10.8 Å². The summed E-state index contributed by atoms with van der Waals surface area (Å²) >= 11 is 0. The second-order valence-electron chi connectivity index (χ2n) is 12.4. The van der Waals surface area contributed by atoms with E-state index < -0.39 is 8.07 Å². The molecule has 0 amide bonds. The molecule has 0 aliphatic heterocycles. The third kappa shape index (κ3) is 5.17. The Morgan fingerprint density at radius 2 is 1.45 bits per heavy atom. The van der Waals surface area contributed by atoms with Crippen LogP contribution in [0, 0.1) is 0 Å². The first-order chi connectivity index (χ1) is 18.1. The first kappa shape index (κ1) is 28.4. The lowest BCUT2D eigenvalue weighted by atomic mass is 9.76. The van der Waals surface area contributed by atoms with Crippen LogP contribution in [0.3, 0.4) is 0 Å². The monoisotopic (exact) mass is 524 g/mol. The van der Waals surface area contributed by atoms with Crippen LogP contribution >= 0.6 is 0 Å². The van der Waals surface area contributed by atoms with Crippen molar-refractivity contribution in [3.63, 3.8) is 0 Å². The summed E-state index contributed by atoms with van der Waals surface area (Å²) in [7, 11) is -2.16. The van der Waals surface area contributed by atoms with E-state index >= 15 is 0 Å². The Balaban J connectivity index is 2.06. The summed E-state index contributed by atoms with van der Waals surface area (Å²) in [5.41, 5.74) is 7.14. The molecule has 4 rings (SSSR count). The largest absolute Gasteiger partial charge is 0.489 e. The molecule has 1 aliphatic carbocycles. The highest BCUT2D eigenvalue weighted by Gasteiger charge is 2.41. The Hall–Kier alpha value is -2.58. The van der Waals surface area contributed by atoms with Gasteiger partial charge in [-0.1, -0.05) is 140 Å². The number of ether oxygens (including phenoxy) is 1. The fourth-order valence-electron chi connectivity index (χ4n) is 6.02. The molecule has 0 N–H and O–H groups in total. The molecule has 3 aromatic carbocycles. The third-order valence-electron chi connectivity index (χ3n) is 9.65. The number of benzene rings is 3. The number of fused-ring (bicyclic) bond motifs is 1. The van der Waals surface area contributed by atoms with Crippen LogP contribution < -0.4 is 15.1 Å². The zero-order valence-corrected chi connectivity index (χ0v) is 26.1. The van der Waals surface area contributed by atoms with Gasteiger partial charge in [-0.3, -0.25) is 0 Å². The van der Waals surface area contributed by atoms with Gasteiger partial charge in [0.2, 0.25) is 0 Å². The molecule has 0 atom stereocenters. The summed E-state index contributed by atoms with van der Waals surface area (Å²) in [5.74, 6) is 1.16. The first-order valence-corrected chi connectivity index (χ1v) is 17.2. The summed E-state index contributed by atoms with van der Waals surface area (Å²) in [6.07, 6.45) is 7.96. The maximum atomic E-state index is 7.01. The van der Waals surface area contributed by atoms with Gasteiger partial charge < -0.3 is 4.74 Å². The Bertz CT molecular complexity index is 1280. The van der Waals surface area contributed by atoms with Crippen molar-refractivity contribution < 1.29 is 4.74 Å². The highest BCUT2D eigenvalue weighted by molar-refractivity contribution is 7.03. The van der Waals surface area contributed by atoms with E-state index in [0.29, 0.717) is 6.61 Å². The van der Waals surface area contributed by atoms with Crippen LogP contribution in [-0.2, 0) is 23.9 Å². The minimum Gasteiger partial charge on any atom is -0.489 e. The van der Waals surface area contributed by atoms with Gasteiger partial charge in [-0.15, -0.1) is 0 Å². The highest BCUT2D eigenvalue weighted by Crippen LogP contribution is 2.40. The molecule has 0 bridgehead atoms. The molecule has 1 nitrogen and oxygen atoms in total. The lowest BCUT2D eigenvalue weighted by Gasteiger charge is -2.39. The van der Waals surface area contributed by atoms with E-state index in [1.807, 2.05) is 0 Å². The predicted molar refractivity (Wildman–Crippen MR) is 169 cm³/mol. The second kappa shape index (κ2) is 11.3. The van der Waals surface area contributed by atoms with Crippen molar-refractivity contribution in [1.82, 2.24) is 0 Å². The average Bonchev–Trinajstić information content (AvgIpc) is 3.43. The smallest absolute Gasteiger partial charge is 0.123 e. The van der Waals surface area contributed by atoms with Gasteiger partial charge in [0.25, 0.3) is 0 Å². The lowest BCUT2D eigenvalue weighted by Crippen LogP contribution is -2.59. The fraction of sp³-hybridized carbons (Fsp3) is 0.444. The normalized spacial score (nSPS) is 13.6. The molecule has 202 valence electrons. The van der Waals surface area contributed by atoms with Gasteiger partial charge in [0.15, 0.2) is 0 Å². The second-order valence-corrected chi connectivity index (χ2v) is 17.1. The zero-order chi connectivity index (χ0) is 27.6. The number of allylic oxidation sites excluding steroid dienone is 1. The molecule has 0 heterocycles. The molecule has 0 radical (unpaired) electrons. The van der Waals surface area contributed by atoms with Gasteiger partial charge in [-0.25, -0.2) is 0 Å². The first-order valence-electron chi connectivity index (χ1n) is 14.8. The van der Waals surface area contributed by atoms with Crippen molar-refractivity contribution in [2.24, 2.45) is 0 Å². The van der Waals surface area contributed by atoms with Gasteiger partial charge in [-0.05, 0) is 68.3 Å². The van der Waals surface area contributed by atoms with E-state index in [2.05, 4.69) is 128 Å². The molecule has 0 saturated heterocycles. The average molecular weight is 525 g/mol. The summed E-state index contributed by atoms with van der Waals surface area (Å²) < 4.78 is 7.01. The SMILES string of the molecule is CCC(C)(C)c1cc(C(C)(C)CC)c(OCc2ccccc2)c([Si](CC)(CC)c2cccc3c2C=CC3)c1. The van der Waals surface area contributed by atoms with Crippen molar-refractivity contribution in [2.45, 2.75) is 104 Å². The molecule has 38 heavy (non-hydrogen) atoms. The summed E-state index contributed by atoms with van der Waals surface area (Å²) in [6.45, 7) is 19.7. The Morgan fingerprint density at radius 1 is 0.763 bits per heavy atom. The molecule has 3 aromatic rings. The number of hydrogen-bond acceptors (Lipinski definition) is 1. The van der Waals surface area contributed by atoms with E-state index in [0.717, 1.165) is 37.1 Å². The van der Waals surface area contributed by atoms with E-state index in [4.69, 9.17) is 4.74 Å². The van der Waals surface area contributed by atoms with E-state index in [1.54, 1.807) is 5.19 Å². The molecule has 0 spiro atoms. The molecule has 2 heteroatoms. The van der Waals surface area contributed by atoms with Crippen LogP contribution in [0.25, 0.3) is 6.08 Å². The van der Waals surface area contributed by atoms with Crippen molar-refractivity contribution in [3.8, 4) is 5.75 Å². The van der Waals surface area contributed by atoms with Gasteiger partial charge in [-0.2, -0.15) is 0 Å². The van der Waals surface area contributed by atoms with E-state index in [1.165, 1.54) is 33.0 Å². The zero-order valence-electron chi connectivity index (χ0n) is 25.1. The molecular formula is C36H48OSi. The molecule has 0 saturated carbocycles. The van der Waals surface area contributed by atoms with Gasteiger partial charge in [0.1, 0.15) is 20.4 Å². The standard InChI is InChI=1S/C36H48OSi/c1-9-35(5,6)29-24-31(36(7,8)10-2)34(37-26-27-18-14-13-15-19-27)33(25-29)38(11-3,12-4)32-23-17-21-28-20-16-22-30(28)32/h13-19,21-25H,9-12,20,26H2,1-8H3. The quantitative estimate of drug-likeness (QED) is 0.228. The fourth-order valence-corrected chi connectivity index (χ4v) is 10.6. The van der Waals surface area contributed by atoms with Crippen LogP contribution in [-0.4, -0.2) is 8.07 Å². The summed E-state index contributed by atoms with van der Waals surface area (Å²) in [5, 5.41) is 3.09. The number of rotatable bonds is 11. The minimum atomic E-state index is -2.16. The maximum Gasteiger partial charge on any atom is 0.123 e. The third-order valence-corrected chi connectivity index (χ3v) is 14.9.